The number of carbonyl (C=O) groups is 1. The molecule has 0 aromatic heterocycles. The molecule has 4 aliphatic rings. The number of nitrogens with one attached hydrogen (secondary N) is 1. The normalized spacial score (nSPS) is 34.1. The van der Waals surface area contributed by atoms with Crippen LogP contribution in [0.3, 0.4) is 0 Å². The minimum absolute atomic E-state index is 0.0676. The molecule has 2 bridgehead atoms. The van der Waals surface area contributed by atoms with Crippen molar-refractivity contribution in [2.24, 2.45) is 17.8 Å². The van der Waals surface area contributed by atoms with Crippen LogP contribution in [0.25, 0.3) is 0 Å². The van der Waals surface area contributed by atoms with Crippen LogP contribution in [0.1, 0.15) is 31.2 Å². The summed E-state index contributed by atoms with van der Waals surface area (Å²) < 4.78 is 38.6. The van der Waals surface area contributed by atoms with Gasteiger partial charge in [-0.15, -0.1) is 0 Å². The predicted octanol–water partition coefficient (Wildman–Crippen LogP) is 3.36. The zero-order valence-corrected chi connectivity index (χ0v) is 11.9. The monoisotopic (exact) mass is 310 g/mol. The molecule has 1 heterocycles. The first kappa shape index (κ1) is 14.1. The molecule has 1 amide bonds. The second-order valence-electron chi connectivity index (χ2n) is 6.58. The Bertz CT molecular complexity index is 608. The van der Waals surface area contributed by atoms with Gasteiger partial charge in [0, 0.05) is 6.04 Å². The maximum atomic E-state index is 12.9. The molecule has 0 unspecified atom stereocenters. The predicted molar refractivity (Wildman–Crippen MR) is 74.8 cm³/mol. The average Bonchev–Trinajstić information content (AvgIpc) is 2.88. The van der Waals surface area contributed by atoms with Gasteiger partial charge < -0.3 is 0 Å². The Hall–Kier alpha value is -1.56. The van der Waals surface area contributed by atoms with Crippen LogP contribution in [0.15, 0.2) is 24.3 Å². The summed E-state index contributed by atoms with van der Waals surface area (Å²) in [5.74, 6) is 0.710. The maximum Gasteiger partial charge on any atom is 0.416 e. The third kappa shape index (κ3) is 2.04. The summed E-state index contributed by atoms with van der Waals surface area (Å²) >= 11 is 0. The lowest BCUT2D eigenvalue weighted by atomic mass is 9.62. The number of hydrazine groups is 1. The summed E-state index contributed by atoms with van der Waals surface area (Å²) in [6.07, 6.45) is -0.0406. The summed E-state index contributed by atoms with van der Waals surface area (Å²) in [5, 5.41) is 1.35. The lowest BCUT2D eigenvalue weighted by Crippen LogP contribution is -2.48. The van der Waals surface area contributed by atoms with Gasteiger partial charge in [0.2, 0.25) is 5.91 Å². The number of benzene rings is 1. The molecule has 4 fully saturated rings. The van der Waals surface area contributed by atoms with Gasteiger partial charge in [0.1, 0.15) is 0 Å². The van der Waals surface area contributed by atoms with Crippen LogP contribution in [0, 0.1) is 17.8 Å². The highest BCUT2D eigenvalue weighted by molar-refractivity contribution is 5.97. The molecule has 3 nitrogen and oxygen atoms in total. The van der Waals surface area contributed by atoms with Crippen molar-refractivity contribution in [3.63, 3.8) is 0 Å². The van der Waals surface area contributed by atoms with Crippen LogP contribution in [0.2, 0.25) is 0 Å². The van der Waals surface area contributed by atoms with Crippen molar-refractivity contribution in [1.82, 2.24) is 5.43 Å². The Kier molecular flexibility index (Phi) is 3.01. The van der Waals surface area contributed by atoms with Crippen molar-refractivity contribution in [2.75, 3.05) is 5.01 Å². The molecule has 22 heavy (non-hydrogen) atoms. The molecule has 0 spiro atoms. The van der Waals surface area contributed by atoms with Gasteiger partial charge in [-0.25, -0.2) is 10.4 Å². The molecule has 0 radical (unpaired) electrons. The van der Waals surface area contributed by atoms with E-state index in [1.54, 1.807) is 6.07 Å². The zero-order chi connectivity index (χ0) is 15.5. The van der Waals surface area contributed by atoms with Gasteiger partial charge in [-0.2, -0.15) is 13.2 Å². The first-order valence-corrected chi connectivity index (χ1v) is 7.72. The van der Waals surface area contributed by atoms with Gasteiger partial charge in [-0.1, -0.05) is 6.07 Å². The lowest BCUT2D eigenvalue weighted by molar-refractivity contribution is -0.137. The van der Waals surface area contributed by atoms with E-state index in [9.17, 15) is 18.0 Å². The van der Waals surface area contributed by atoms with Gasteiger partial charge in [-0.05, 0) is 55.7 Å². The summed E-state index contributed by atoms with van der Waals surface area (Å²) in [6, 6.07) is 5.07. The molecular formula is C16H17F3N2O. The zero-order valence-electron chi connectivity index (χ0n) is 11.9. The number of amides is 1. The lowest BCUT2D eigenvalue weighted by Gasteiger charge is -2.43. The standard InChI is InChI=1S/C16H17F3N2O/c17-16(18,19)11-2-1-3-12(8-11)21-15(22)13-9-4-6-10(7-5-9)14(13)20-21/h1-3,8-10,13-14,20H,4-7H2/t9?,10?,13-,14+/m0/s1. The van der Waals surface area contributed by atoms with Crippen molar-refractivity contribution in [1.29, 1.82) is 0 Å². The summed E-state index contributed by atoms with van der Waals surface area (Å²) in [7, 11) is 0. The van der Waals surface area contributed by atoms with Crippen molar-refractivity contribution in [2.45, 2.75) is 37.9 Å². The number of nitrogens with zero attached hydrogens (tertiary/aromatic N) is 1. The quantitative estimate of drug-likeness (QED) is 0.862. The third-order valence-corrected chi connectivity index (χ3v) is 5.43. The van der Waals surface area contributed by atoms with Crippen LogP contribution in [0.4, 0.5) is 18.9 Å². The second kappa shape index (κ2) is 4.72. The number of hydrogen-bond acceptors (Lipinski definition) is 2. The molecule has 118 valence electrons. The number of hydrogen-bond donors (Lipinski definition) is 1. The third-order valence-electron chi connectivity index (χ3n) is 5.43. The number of fused-ring (bicyclic) bond motifs is 2. The molecule has 2 atom stereocenters. The van der Waals surface area contributed by atoms with Gasteiger partial charge >= 0.3 is 6.18 Å². The van der Waals surface area contributed by atoms with Crippen LogP contribution < -0.4 is 10.4 Å². The molecule has 6 heteroatoms. The molecule has 5 rings (SSSR count). The molecular weight excluding hydrogens is 293 g/mol. The van der Waals surface area contributed by atoms with Crippen molar-refractivity contribution in [3.05, 3.63) is 29.8 Å². The Balaban J connectivity index is 1.66. The van der Waals surface area contributed by atoms with E-state index in [4.69, 9.17) is 0 Å². The molecule has 1 aromatic carbocycles. The van der Waals surface area contributed by atoms with E-state index in [2.05, 4.69) is 5.43 Å². The van der Waals surface area contributed by atoms with Crippen molar-refractivity contribution >= 4 is 11.6 Å². The maximum absolute atomic E-state index is 12.9. The average molecular weight is 310 g/mol. The molecule has 1 aliphatic heterocycles. The number of anilines is 1. The second-order valence-corrected chi connectivity index (χ2v) is 6.58. The number of carbonyl (C=O) groups excluding carboxylic acids is 1. The first-order chi connectivity index (χ1) is 10.4. The topological polar surface area (TPSA) is 32.3 Å². The van der Waals surface area contributed by atoms with Gasteiger partial charge in [0.25, 0.3) is 0 Å². The minimum atomic E-state index is -4.40. The minimum Gasteiger partial charge on any atom is -0.273 e. The van der Waals surface area contributed by atoms with Gasteiger partial charge in [0.05, 0.1) is 17.2 Å². The van der Waals surface area contributed by atoms with Crippen LogP contribution in [-0.2, 0) is 11.0 Å². The van der Waals surface area contributed by atoms with Crippen LogP contribution >= 0.6 is 0 Å². The number of rotatable bonds is 1. The number of alkyl halides is 3. The Morgan fingerprint density at radius 1 is 1.09 bits per heavy atom. The summed E-state index contributed by atoms with van der Waals surface area (Å²) in [4.78, 5) is 12.7. The first-order valence-electron chi connectivity index (χ1n) is 7.72. The molecule has 1 N–H and O–H groups in total. The van der Waals surface area contributed by atoms with E-state index in [0.717, 1.165) is 37.8 Å². The summed E-state index contributed by atoms with van der Waals surface area (Å²) in [5.41, 5.74) is 2.75. The van der Waals surface area contributed by atoms with Gasteiger partial charge in [0.15, 0.2) is 0 Å². The Labute approximate surface area is 126 Å². The molecule has 3 saturated carbocycles. The SMILES string of the molecule is O=C1[C@H]2C3CCC(CC3)[C@H]2NN1c1cccc(C(F)(F)F)c1. The van der Waals surface area contributed by atoms with Crippen LogP contribution in [-0.4, -0.2) is 11.9 Å². The fourth-order valence-corrected chi connectivity index (χ4v) is 4.38. The van der Waals surface area contributed by atoms with E-state index in [1.807, 2.05) is 0 Å². The van der Waals surface area contributed by atoms with E-state index in [0.29, 0.717) is 11.8 Å². The van der Waals surface area contributed by atoms with E-state index < -0.39 is 11.7 Å². The van der Waals surface area contributed by atoms with Gasteiger partial charge in [-0.3, -0.25) is 4.79 Å². The molecule has 1 saturated heterocycles. The van der Waals surface area contributed by atoms with Crippen molar-refractivity contribution < 1.29 is 18.0 Å². The largest absolute Gasteiger partial charge is 0.416 e. The molecule has 3 aliphatic carbocycles. The molecule has 1 aromatic rings. The number of halogens is 3. The highest BCUT2D eigenvalue weighted by Crippen LogP contribution is 2.48. The van der Waals surface area contributed by atoms with E-state index in [-0.39, 0.29) is 23.6 Å². The highest BCUT2D eigenvalue weighted by Gasteiger charge is 2.53. The summed E-state index contributed by atoms with van der Waals surface area (Å²) in [6.45, 7) is 0. The fourth-order valence-electron chi connectivity index (χ4n) is 4.38. The highest BCUT2D eigenvalue weighted by atomic mass is 19.4. The smallest absolute Gasteiger partial charge is 0.273 e. The van der Waals surface area contributed by atoms with E-state index in [1.165, 1.54) is 11.1 Å². The Morgan fingerprint density at radius 2 is 1.77 bits per heavy atom. The van der Waals surface area contributed by atoms with E-state index >= 15 is 0 Å². The van der Waals surface area contributed by atoms with Crippen molar-refractivity contribution in [3.8, 4) is 0 Å². The Morgan fingerprint density at radius 3 is 2.41 bits per heavy atom. The fraction of sp³-hybridized carbons (Fsp3) is 0.562. The van der Waals surface area contributed by atoms with Crippen LogP contribution in [0.5, 0.6) is 0 Å².